The number of fused-ring (bicyclic) bond motifs is 1. The third-order valence-electron chi connectivity index (χ3n) is 6.33. The fraction of sp³-hybridized carbons (Fsp3) is 0.464. The molecule has 0 spiro atoms. The van der Waals surface area contributed by atoms with Gasteiger partial charge in [-0.3, -0.25) is 4.90 Å². The number of ether oxygens (including phenoxy) is 2. The van der Waals surface area contributed by atoms with E-state index in [0.29, 0.717) is 17.7 Å². The van der Waals surface area contributed by atoms with Gasteiger partial charge in [-0.15, -0.1) is 0 Å². The van der Waals surface area contributed by atoms with Crippen LogP contribution in [-0.4, -0.2) is 42.2 Å². The average Bonchev–Trinajstić information content (AvgIpc) is 2.85. The largest absolute Gasteiger partial charge is 0.490 e. The number of nitrogens with one attached hydrogen (secondary N) is 1. The van der Waals surface area contributed by atoms with Gasteiger partial charge in [-0.25, -0.2) is 4.98 Å². The third-order valence-corrected chi connectivity index (χ3v) is 6.64. The van der Waals surface area contributed by atoms with Crippen LogP contribution in [0.1, 0.15) is 51.5 Å². The van der Waals surface area contributed by atoms with Crippen molar-refractivity contribution in [1.82, 2.24) is 9.88 Å². The number of halogens is 1. The van der Waals surface area contributed by atoms with Crippen LogP contribution in [0.15, 0.2) is 48.5 Å². The molecule has 1 saturated heterocycles. The van der Waals surface area contributed by atoms with Gasteiger partial charge in [0, 0.05) is 31.1 Å². The number of anilines is 1. The second-order valence-corrected chi connectivity index (χ2v) is 9.38. The second-order valence-electron chi connectivity index (χ2n) is 8.97. The zero-order chi connectivity index (χ0) is 23.8. The Balaban J connectivity index is 1.30. The van der Waals surface area contributed by atoms with Gasteiger partial charge < -0.3 is 14.8 Å². The van der Waals surface area contributed by atoms with Crippen LogP contribution in [-0.2, 0) is 6.54 Å². The molecule has 182 valence electrons. The van der Waals surface area contributed by atoms with Crippen molar-refractivity contribution >= 4 is 28.3 Å². The van der Waals surface area contributed by atoms with Gasteiger partial charge in [-0.05, 0) is 62.1 Å². The summed E-state index contributed by atoms with van der Waals surface area (Å²) >= 11 is 6.33. The molecule has 0 radical (unpaired) electrons. The standard InChI is InChI=1S/C28H36ClN3O2/c1-3-5-6-18-34-25-12-10-21(19-26(25)33-4-2)20-32-16-14-23(15-17-32)30-27-13-11-22-8-7-9-24(29)28(22)31-27/h7-13,19,23H,3-6,14-18,20H2,1-2H3,(H,30,31). The van der Waals surface area contributed by atoms with E-state index in [9.17, 15) is 0 Å². The van der Waals surface area contributed by atoms with E-state index >= 15 is 0 Å². The number of nitrogens with zero attached hydrogens (tertiary/aromatic N) is 2. The first-order chi connectivity index (χ1) is 16.7. The van der Waals surface area contributed by atoms with Crippen molar-refractivity contribution < 1.29 is 9.47 Å². The molecule has 34 heavy (non-hydrogen) atoms. The molecular weight excluding hydrogens is 446 g/mol. The summed E-state index contributed by atoms with van der Waals surface area (Å²) in [5.41, 5.74) is 2.12. The van der Waals surface area contributed by atoms with Gasteiger partial charge >= 0.3 is 0 Å². The summed E-state index contributed by atoms with van der Waals surface area (Å²) in [5.74, 6) is 2.61. The highest BCUT2D eigenvalue weighted by Gasteiger charge is 2.20. The molecule has 0 aliphatic carbocycles. The van der Waals surface area contributed by atoms with Crippen LogP contribution in [0.2, 0.25) is 5.02 Å². The number of rotatable bonds is 11. The van der Waals surface area contributed by atoms with Gasteiger partial charge in [0.15, 0.2) is 11.5 Å². The van der Waals surface area contributed by atoms with Crippen molar-refractivity contribution in [3.05, 3.63) is 59.1 Å². The highest BCUT2D eigenvalue weighted by Crippen LogP contribution is 2.30. The number of para-hydroxylation sites is 1. The summed E-state index contributed by atoms with van der Waals surface area (Å²) in [6, 6.07) is 16.8. The van der Waals surface area contributed by atoms with Gasteiger partial charge in [0.05, 0.1) is 23.8 Å². The first-order valence-corrected chi connectivity index (χ1v) is 13.0. The molecule has 2 heterocycles. The number of hydrogen-bond donors (Lipinski definition) is 1. The number of pyridine rings is 1. The smallest absolute Gasteiger partial charge is 0.161 e. The lowest BCUT2D eigenvalue weighted by Gasteiger charge is -2.32. The lowest BCUT2D eigenvalue weighted by atomic mass is 10.0. The lowest BCUT2D eigenvalue weighted by molar-refractivity contribution is 0.210. The number of unbranched alkanes of at least 4 members (excludes halogenated alkanes) is 2. The minimum absolute atomic E-state index is 0.418. The predicted octanol–water partition coefficient (Wildman–Crippen LogP) is 6.93. The molecule has 3 aromatic rings. The summed E-state index contributed by atoms with van der Waals surface area (Å²) < 4.78 is 11.9. The van der Waals surface area contributed by atoms with Crippen molar-refractivity contribution in [2.45, 2.75) is 58.5 Å². The normalized spacial score (nSPS) is 14.9. The van der Waals surface area contributed by atoms with Crippen LogP contribution in [0.25, 0.3) is 10.9 Å². The molecule has 1 N–H and O–H groups in total. The van der Waals surface area contributed by atoms with Crippen molar-refractivity contribution in [2.75, 3.05) is 31.6 Å². The Kier molecular flexibility index (Phi) is 8.89. The molecule has 1 aliphatic rings. The predicted molar refractivity (Wildman–Crippen MR) is 141 cm³/mol. The summed E-state index contributed by atoms with van der Waals surface area (Å²) in [6.07, 6.45) is 5.63. The van der Waals surface area contributed by atoms with E-state index < -0.39 is 0 Å². The molecule has 0 atom stereocenters. The summed E-state index contributed by atoms with van der Waals surface area (Å²) in [5, 5.41) is 5.37. The van der Waals surface area contributed by atoms with Gasteiger partial charge in [0.25, 0.3) is 0 Å². The highest BCUT2D eigenvalue weighted by molar-refractivity contribution is 6.35. The molecule has 0 saturated carbocycles. The second kappa shape index (κ2) is 12.3. The zero-order valence-electron chi connectivity index (χ0n) is 20.4. The number of hydrogen-bond acceptors (Lipinski definition) is 5. The average molecular weight is 482 g/mol. The number of likely N-dealkylation sites (tertiary alicyclic amines) is 1. The maximum Gasteiger partial charge on any atom is 0.161 e. The van der Waals surface area contributed by atoms with E-state index in [0.717, 1.165) is 73.7 Å². The first kappa shape index (κ1) is 24.6. The Hall–Kier alpha value is -2.50. The van der Waals surface area contributed by atoms with Crippen LogP contribution in [0.4, 0.5) is 5.82 Å². The molecule has 5 nitrogen and oxygen atoms in total. The summed E-state index contributed by atoms with van der Waals surface area (Å²) in [6.45, 7) is 8.62. The van der Waals surface area contributed by atoms with Gasteiger partial charge in [-0.2, -0.15) is 0 Å². The summed E-state index contributed by atoms with van der Waals surface area (Å²) in [7, 11) is 0. The number of benzene rings is 2. The molecule has 4 rings (SSSR count). The minimum Gasteiger partial charge on any atom is -0.490 e. The van der Waals surface area contributed by atoms with E-state index in [4.69, 9.17) is 26.1 Å². The SMILES string of the molecule is CCCCCOc1ccc(CN2CCC(Nc3ccc4cccc(Cl)c4n3)CC2)cc1OCC. The van der Waals surface area contributed by atoms with E-state index in [-0.39, 0.29) is 0 Å². The van der Waals surface area contributed by atoms with Crippen LogP contribution >= 0.6 is 11.6 Å². The Morgan fingerprint density at radius 3 is 2.65 bits per heavy atom. The highest BCUT2D eigenvalue weighted by atomic mass is 35.5. The molecule has 1 aliphatic heterocycles. The molecule has 1 aromatic heterocycles. The molecule has 0 unspecified atom stereocenters. The van der Waals surface area contributed by atoms with Crippen LogP contribution < -0.4 is 14.8 Å². The lowest BCUT2D eigenvalue weighted by Crippen LogP contribution is -2.38. The quantitative estimate of drug-likeness (QED) is 0.301. The molecule has 1 fully saturated rings. The number of aromatic nitrogens is 1. The van der Waals surface area contributed by atoms with E-state index in [1.165, 1.54) is 18.4 Å². The fourth-order valence-corrected chi connectivity index (χ4v) is 4.69. The van der Waals surface area contributed by atoms with E-state index in [2.05, 4.69) is 41.4 Å². The monoisotopic (exact) mass is 481 g/mol. The van der Waals surface area contributed by atoms with Crippen molar-refractivity contribution in [3.63, 3.8) is 0 Å². The van der Waals surface area contributed by atoms with Crippen LogP contribution in [0.3, 0.4) is 0 Å². The molecule has 2 aromatic carbocycles. The Morgan fingerprint density at radius 1 is 1.00 bits per heavy atom. The van der Waals surface area contributed by atoms with Crippen LogP contribution in [0.5, 0.6) is 11.5 Å². The maximum absolute atomic E-state index is 6.33. The van der Waals surface area contributed by atoms with Crippen molar-refractivity contribution in [2.24, 2.45) is 0 Å². The number of piperidine rings is 1. The van der Waals surface area contributed by atoms with Gasteiger partial charge in [0.2, 0.25) is 0 Å². The molecular formula is C28H36ClN3O2. The van der Waals surface area contributed by atoms with E-state index in [1.54, 1.807) is 0 Å². The zero-order valence-corrected chi connectivity index (χ0v) is 21.1. The first-order valence-electron chi connectivity index (χ1n) is 12.6. The van der Waals surface area contributed by atoms with Gasteiger partial charge in [0.1, 0.15) is 5.82 Å². The Morgan fingerprint density at radius 2 is 1.85 bits per heavy atom. The summed E-state index contributed by atoms with van der Waals surface area (Å²) in [4.78, 5) is 7.25. The topological polar surface area (TPSA) is 46.6 Å². The molecule has 0 bridgehead atoms. The van der Waals surface area contributed by atoms with Crippen LogP contribution in [0, 0.1) is 0 Å². The molecule has 0 amide bonds. The maximum atomic E-state index is 6.33. The minimum atomic E-state index is 0.418. The Labute approximate surface area is 208 Å². The van der Waals surface area contributed by atoms with E-state index in [1.807, 2.05) is 31.2 Å². The Bertz CT molecular complexity index is 1070. The fourth-order valence-electron chi connectivity index (χ4n) is 4.47. The van der Waals surface area contributed by atoms with Crippen molar-refractivity contribution in [1.29, 1.82) is 0 Å². The van der Waals surface area contributed by atoms with Crippen molar-refractivity contribution in [3.8, 4) is 11.5 Å². The third kappa shape index (κ3) is 6.55. The molecule has 6 heteroatoms. The van der Waals surface area contributed by atoms with Gasteiger partial charge in [-0.1, -0.05) is 49.6 Å².